The molecule has 1 saturated heterocycles. The van der Waals surface area contributed by atoms with Crippen LogP contribution in [0.25, 0.3) is 0 Å². The molecule has 2 rings (SSSR count). The molecule has 0 aliphatic carbocycles. The Balaban J connectivity index is 2.16. The summed E-state index contributed by atoms with van der Waals surface area (Å²) in [7, 11) is -3.42. The van der Waals surface area contributed by atoms with Gasteiger partial charge in [-0.05, 0) is 19.5 Å². The monoisotopic (exact) mass is 287 g/mol. The Morgan fingerprint density at radius 1 is 1.58 bits per heavy atom. The van der Waals surface area contributed by atoms with E-state index in [1.165, 1.54) is 4.31 Å². The Morgan fingerprint density at radius 2 is 2.37 bits per heavy atom. The van der Waals surface area contributed by atoms with Crippen molar-refractivity contribution in [1.82, 2.24) is 14.6 Å². The smallest absolute Gasteiger partial charge is 0.244 e. The number of hydrogen-bond acceptors (Lipinski definition) is 4. The van der Waals surface area contributed by atoms with E-state index in [0.717, 1.165) is 12.2 Å². The van der Waals surface area contributed by atoms with Crippen LogP contribution in [0, 0.1) is 0 Å². The number of rotatable bonds is 5. The summed E-state index contributed by atoms with van der Waals surface area (Å²) >= 11 is 0. The molecule has 0 saturated carbocycles. The van der Waals surface area contributed by atoms with Crippen LogP contribution in [0.1, 0.15) is 19.5 Å². The number of nitrogens with one attached hydrogen (secondary N) is 2. The van der Waals surface area contributed by atoms with Crippen molar-refractivity contribution in [3.05, 3.63) is 18.0 Å². The van der Waals surface area contributed by atoms with E-state index in [1.54, 1.807) is 12.3 Å². The lowest BCUT2D eigenvalue weighted by Crippen LogP contribution is -2.46. The summed E-state index contributed by atoms with van der Waals surface area (Å²) in [4.78, 5) is 3.33. The SMILES string of the molecule is CCNCc1cc(S(=O)(=O)N2CCOCC2C)c[nH]1. The van der Waals surface area contributed by atoms with Crippen molar-refractivity contribution in [2.75, 3.05) is 26.3 Å². The summed E-state index contributed by atoms with van der Waals surface area (Å²) < 4.78 is 31.8. The molecule has 2 N–H and O–H groups in total. The van der Waals surface area contributed by atoms with Crippen LogP contribution >= 0.6 is 0 Å². The molecule has 0 radical (unpaired) electrons. The number of aromatic amines is 1. The molecule has 1 fully saturated rings. The molecular weight excluding hydrogens is 266 g/mol. The molecule has 1 atom stereocenters. The molecule has 7 heteroatoms. The average molecular weight is 287 g/mol. The molecular formula is C12H21N3O3S. The van der Waals surface area contributed by atoms with Crippen molar-refractivity contribution >= 4 is 10.0 Å². The highest BCUT2D eigenvalue weighted by Crippen LogP contribution is 2.21. The number of sulfonamides is 1. The van der Waals surface area contributed by atoms with Crippen LogP contribution in [0.4, 0.5) is 0 Å². The zero-order chi connectivity index (χ0) is 13.9. The number of hydrogen-bond donors (Lipinski definition) is 2. The van der Waals surface area contributed by atoms with Gasteiger partial charge in [-0.2, -0.15) is 4.31 Å². The first kappa shape index (κ1) is 14.5. The van der Waals surface area contributed by atoms with Gasteiger partial charge in [-0.1, -0.05) is 6.92 Å². The van der Waals surface area contributed by atoms with E-state index in [9.17, 15) is 8.42 Å². The zero-order valence-electron chi connectivity index (χ0n) is 11.3. The van der Waals surface area contributed by atoms with Gasteiger partial charge >= 0.3 is 0 Å². The van der Waals surface area contributed by atoms with E-state index in [1.807, 2.05) is 13.8 Å². The molecule has 0 bridgehead atoms. The minimum absolute atomic E-state index is 0.120. The summed E-state index contributed by atoms with van der Waals surface area (Å²) in [5.41, 5.74) is 0.876. The minimum atomic E-state index is -3.42. The van der Waals surface area contributed by atoms with Crippen molar-refractivity contribution in [1.29, 1.82) is 0 Å². The van der Waals surface area contributed by atoms with Gasteiger partial charge in [0.15, 0.2) is 0 Å². The fraction of sp³-hybridized carbons (Fsp3) is 0.667. The predicted octanol–water partition coefficient (Wildman–Crippen LogP) is 0.534. The highest BCUT2D eigenvalue weighted by molar-refractivity contribution is 7.89. The molecule has 1 unspecified atom stereocenters. The molecule has 2 heterocycles. The van der Waals surface area contributed by atoms with Crippen molar-refractivity contribution in [2.45, 2.75) is 31.3 Å². The summed E-state index contributed by atoms with van der Waals surface area (Å²) in [6.07, 6.45) is 1.56. The number of morpholine rings is 1. The maximum absolute atomic E-state index is 12.5. The Hall–Kier alpha value is -0.890. The van der Waals surface area contributed by atoms with Crippen molar-refractivity contribution in [2.24, 2.45) is 0 Å². The maximum atomic E-state index is 12.5. The van der Waals surface area contributed by atoms with Crippen molar-refractivity contribution in [3.63, 3.8) is 0 Å². The van der Waals surface area contributed by atoms with Gasteiger partial charge in [0.2, 0.25) is 10.0 Å². The van der Waals surface area contributed by atoms with E-state index < -0.39 is 10.0 Å². The second-order valence-electron chi connectivity index (χ2n) is 4.68. The lowest BCUT2D eigenvalue weighted by molar-refractivity contribution is 0.0393. The summed E-state index contributed by atoms with van der Waals surface area (Å²) in [5, 5.41) is 3.16. The highest BCUT2D eigenvalue weighted by atomic mass is 32.2. The van der Waals surface area contributed by atoms with E-state index in [4.69, 9.17) is 4.74 Å². The Bertz CT molecular complexity index is 512. The topological polar surface area (TPSA) is 74.4 Å². The Morgan fingerprint density at radius 3 is 3.05 bits per heavy atom. The minimum Gasteiger partial charge on any atom is -0.378 e. The van der Waals surface area contributed by atoms with E-state index in [2.05, 4.69) is 10.3 Å². The second-order valence-corrected chi connectivity index (χ2v) is 6.57. The number of H-pyrrole nitrogens is 1. The molecule has 1 aromatic heterocycles. The van der Waals surface area contributed by atoms with Gasteiger partial charge in [0.25, 0.3) is 0 Å². The molecule has 0 aromatic carbocycles. The fourth-order valence-electron chi connectivity index (χ4n) is 2.13. The number of ether oxygens (including phenoxy) is 1. The van der Waals surface area contributed by atoms with Gasteiger partial charge in [0, 0.05) is 31.0 Å². The second kappa shape index (κ2) is 6.04. The molecule has 6 nitrogen and oxygen atoms in total. The van der Waals surface area contributed by atoms with Crippen LogP contribution in [-0.2, 0) is 21.3 Å². The normalized spacial score (nSPS) is 21.7. The lowest BCUT2D eigenvalue weighted by atomic mass is 10.3. The molecule has 1 aromatic rings. The first-order valence-electron chi connectivity index (χ1n) is 6.53. The van der Waals surface area contributed by atoms with Crippen molar-refractivity contribution in [3.8, 4) is 0 Å². The van der Waals surface area contributed by atoms with Gasteiger partial charge < -0.3 is 15.0 Å². The average Bonchev–Trinajstić information content (AvgIpc) is 2.86. The first-order valence-corrected chi connectivity index (χ1v) is 7.97. The number of nitrogens with zero attached hydrogens (tertiary/aromatic N) is 1. The fourth-order valence-corrected chi connectivity index (χ4v) is 3.75. The largest absolute Gasteiger partial charge is 0.378 e. The molecule has 19 heavy (non-hydrogen) atoms. The first-order chi connectivity index (χ1) is 9.05. The van der Waals surface area contributed by atoms with Gasteiger partial charge in [0.1, 0.15) is 0 Å². The van der Waals surface area contributed by atoms with Crippen LogP contribution < -0.4 is 5.32 Å². The predicted molar refractivity (Wildman–Crippen MR) is 72.3 cm³/mol. The summed E-state index contributed by atoms with van der Waals surface area (Å²) in [6.45, 7) is 6.69. The van der Waals surface area contributed by atoms with Crippen LogP contribution in [-0.4, -0.2) is 50.1 Å². The third-order valence-electron chi connectivity index (χ3n) is 3.20. The van der Waals surface area contributed by atoms with Crippen LogP contribution in [0.5, 0.6) is 0 Å². The number of aromatic nitrogens is 1. The van der Waals surface area contributed by atoms with Crippen LogP contribution in [0.15, 0.2) is 17.2 Å². The van der Waals surface area contributed by atoms with Crippen molar-refractivity contribution < 1.29 is 13.2 Å². The summed E-state index contributed by atoms with van der Waals surface area (Å²) in [6, 6.07) is 1.58. The lowest BCUT2D eigenvalue weighted by Gasteiger charge is -2.31. The Kier molecular flexibility index (Phi) is 4.62. The molecule has 1 aliphatic rings. The molecule has 108 valence electrons. The molecule has 1 aliphatic heterocycles. The molecule has 0 spiro atoms. The van der Waals surface area contributed by atoms with E-state index in [0.29, 0.717) is 31.2 Å². The molecule has 0 amide bonds. The van der Waals surface area contributed by atoms with Gasteiger partial charge in [-0.15, -0.1) is 0 Å². The van der Waals surface area contributed by atoms with E-state index in [-0.39, 0.29) is 6.04 Å². The quantitative estimate of drug-likeness (QED) is 0.828. The van der Waals surface area contributed by atoms with Gasteiger partial charge in [-0.25, -0.2) is 8.42 Å². The Labute approximate surface area is 114 Å². The van der Waals surface area contributed by atoms with E-state index >= 15 is 0 Å². The van der Waals surface area contributed by atoms with Gasteiger partial charge in [-0.3, -0.25) is 0 Å². The summed E-state index contributed by atoms with van der Waals surface area (Å²) in [5.74, 6) is 0. The van der Waals surface area contributed by atoms with Crippen LogP contribution in [0.3, 0.4) is 0 Å². The third-order valence-corrected chi connectivity index (χ3v) is 5.19. The van der Waals surface area contributed by atoms with Crippen LogP contribution in [0.2, 0.25) is 0 Å². The van der Waals surface area contributed by atoms with Gasteiger partial charge in [0.05, 0.1) is 18.1 Å². The third kappa shape index (κ3) is 3.17. The zero-order valence-corrected chi connectivity index (χ0v) is 12.2. The standard InChI is InChI=1S/C12H21N3O3S/c1-3-13-7-11-6-12(8-14-11)19(16,17)15-4-5-18-9-10(15)2/h6,8,10,13-14H,3-5,7,9H2,1-2H3. The highest BCUT2D eigenvalue weighted by Gasteiger charge is 2.32. The maximum Gasteiger partial charge on any atom is 0.244 e.